The first-order valence-corrected chi connectivity index (χ1v) is 6.23. The van der Waals surface area contributed by atoms with Gasteiger partial charge in [0.2, 0.25) is 0 Å². The van der Waals surface area contributed by atoms with Gasteiger partial charge in [0.15, 0.2) is 0 Å². The van der Waals surface area contributed by atoms with E-state index in [9.17, 15) is 9.90 Å². The van der Waals surface area contributed by atoms with Gasteiger partial charge in [0.25, 0.3) is 5.91 Å². The highest BCUT2D eigenvalue weighted by Gasteiger charge is 2.35. The summed E-state index contributed by atoms with van der Waals surface area (Å²) >= 11 is 0. The summed E-state index contributed by atoms with van der Waals surface area (Å²) in [6, 6.07) is 9.52. The molecule has 1 aromatic carbocycles. The van der Waals surface area contributed by atoms with Crippen molar-refractivity contribution in [3.05, 3.63) is 35.9 Å². The minimum atomic E-state index is -0.592. The van der Waals surface area contributed by atoms with Crippen LogP contribution in [0.1, 0.15) is 19.4 Å². The van der Waals surface area contributed by atoms with Crippen molar-refractivity contribution in [2.75, 3.05) is 6.61 Å². The zero-order valence-electron chi connectivity index (χ0n) is 10.7. The molecule has 1 heterocycles. The first-order chi connectivity index (χ1) is 8.59. The van der Waals surface area contributed by atoms with Crippen molar-refractivity contribution in [1.82, 2.24) is 4.90 Å². The molecule has 2 rings (SSSR count). The summed E-state index contributed by atoms with van der Waals surface area (Å²) in [6.07, 6.45) is -1.02. The Kier molecular flexibility index (Phi) is 3.99. The summed E-state index contributed by atoms with van der Waals surface area (Å²) in [5.41, 5.74) is 1.06. The van der Waals surface area contributed by atoms with Gasteiger partial charge in [-0.05, 0) is 19.4 Å². The molecular weight excluding hydrogens is 230 g/mol. The molecule has 1 aliphatic rings. The van der Waals surface area contributed by atoms with Gasteiger partial charge in [-0.1, -0.05) is 30.3 Å². The molecule has 0 aromatic heterocycles. The predicted octanol–water partition coefficient (Wildman–Crippen LogP) is 1.18. The van der Waals surface area contributed by atoms with E-state index < -0.39 is 12.2 Å². The number of aliphatic hydroxyl groups excluding tert-OH is 1. The maximum atomic E-state index is 12.1. The number of carbonyl (C=O) groups is 1. The number of ether oxygens (including phenoxy) is 1. The van der Waals surface area contributed by atoms with Crippen LogP contribution in [0.25, 0.3) is 0 Å². The van der Waals surface area contributed by atoms with Crippen LogP contribution in [0.4, 0.5) is 0 Å². The van der Waals surface area contributed by atoms with Crippen LogP contribution in [0.5, 0.6) is 0 Å². The van der Waals surface area contributed by atoms with Crippen LogP contribution >= 0.6 is 0 Å². The molecule has 0 aliphatic carbocycles. The van der Waals surface area contributed by atoms with Gasteiger partial charge in [-0.3, -0.25) is 4.79 Å². The normalized spacial score (nSPS) is 26.2. The largest absolute Gasteiger partial charge is 0.391 e. The molecule has 1 saturated heterocycles. The summed E-state index contributed by atoms with van der Waals surface area (Å²) in [6.45, 7) is 4.34. The van der Waals surface area contributed by atoms with Crippen LogP contribution < -0.4 is 0 Å². The van der Waals surface area contributed by atoms with Crippen molar-refractivity contribution in [3.8, 4) is 0 Å². The second-order valence-electron chi connectivity index (χ2n) is 4.74. The summed E-state index contributed by atoms with van der Waals surface area (Å²) in [5.74, 6) is -0.0593. The quantitative estimate of drug-likeness (QED) is 0.875. The Morgan fingerprint density at radius 3 is 2.72 bits per heavy atom. The molecule has 18 heavy (non-hydrogen) atoms. The molecule has 1 aliphatic heterocycles. The minimum Gasteiger partial charge on any atom is -0.391 e. The van der Waals surface area contributed by atoms with E-state index in [-0.39, 0.29) is 11.9 Å². The number of aliphatic hydroxyl groups is 1. The Morgan fingerprint density at radius 1 is 1.44 bits per heavy atom. The zero-order chi connectivity index (χ0) is 13.1. The Balaban J connectivity index is 2.17. The number of morpholine rings is 1. The third kappa shape index (κ3) is 2.71. The Hall–Kier alpha value is -1.39. The van der Waals surface area contributed by atoms with E-state index in [1.165, 1.54) is 0 Å². The van der Waals surface area contributed by atoms with Gasteiger partial charge in [-0.2, -0.15) is 0 Å². The van der Waals surface area contributed by atoms with Crippen molar-refractivity contribution in [2.45, 2.75) is 38.6 Å². The van der Waals surface area contributed by atoms with E-state index in [1.54, 1.807) is 18.7 Å². The monoisotopic (exact) mass is 249 g/mol. The minimum absolute atomic E-state index is 0.0593. The molecule has 4 heteroatoms. The Morgan fingerprint density at radius 2 is 2.11 bits per heavy atom. The number of nitrogens with zero attached hydrogens (tertiary/aromatic N) is 1. The predicted molar refractivity (Wildman–Crippen MR) is 67.9 cm³/mol. The van der Waals surface area contributed by atoms with Crippen LogP contribution in [0.3, 0.4) is 0 Å². The summed E-state index contributed by atoms with van der Waals surface area (Å²) < 4.78 is 5.38. The van der Waals surface area contributed by atoms with Gasteiger partial charge in [0, 0.05) is 6.54 Å². The van der Waals surface area contributed by atoms with Crippen LogP contribution in [-0.4, -0.2) is 40.8 Å². The fraction of sp³-hybridized carbons (Fsp3) is 0.500. The molecule has 3 atom stereocenters. The van der Waals surface area contributed by atoms with Crippen LogP contribution in [0.15, 0.2) is 30.3 Å². The van der Waals surface area contributed by atoms with E-state index in [1.807, 2.05) is 30.3 Å². The van der Waals surface area contributed by atoms with E-state index in [4.69, 9.17) is 4.74 Å². The molecule has 1 fully saturated rings. The average molecular weight is 249 g/mol. The third-order valence-corrected chi connectivity index (χ3v) is 3.30. The summed E-state index contributed by atoms with van der Waals surface area (Å²) in [4.78, 5) is 13.9. The maximum Gasteiger partial charge on any atom is 0.252 e. The molecular formula is C14H19NO3. The van der Waals surface area contributed by atoms with E-state index in [0.29, 0.717) is 13.2 Å². The molecule has 0 spiro atoms. The highest BCUT2D eigenvalue weighted by Crippen LogP contribution is 2.19. The molecule has 4 nitrogen and oxygen atoms in total. The lowest BCUT2D eigenvalue weighted by molar-refractivity contribution is -0.164. The topological polar surface area (TPSA) is 49.8 Å². The van der Waals surface area contributed by atoms with Crippen molar-refractivity contribution in [1.29, 1.82) is 0 Å². The maximum absolute atomic E-state index is 12.1. The van der Waals surface area contributed by atoms with Crippen molar-refractivity contribution < 1.29 is 14.6 Å². The zero-order valence-corrected chi connectivity index (χ0v) is 10.7. The second kappa shape index (κ2) is 5.50. The molecule has 0 saturated carbocycles. The van der Waals surface area contributed by atoms with Crippen molar-refractivity contribution in [2.24, 2.45) is 0 Å². The van der Waals surface area contributed by atoms with E-state index in [0.717, 1.165) is 5.56 Å². The first-order valence-electron chi connectivity index (χ1n) is 6.23. The third-order valence-electron chi connectivity index (χ3n) is 3.30. The van der Waals surface area contributed by atoms with E-state index in [2.05, 4.69) is 0 Å². The van der Waals surface area contributed by atoms with Gasteiger partial charge in [-0.15, -0.1) is 0 Å². The molecule has 0 radical (unpaired) electrons. The summed E-state index contributed by atoms with van der Waals surface area (Å²) in [7, 11) is 0. The highest BCUT2D eigenvalue weighted by atomic mass is 16.5. The summed E-state index contributed by atoms with van der Waals surface area (Å²) in [5, 5.41) is 9.76. The van der Waals surface area contributed by atoms with Gasteiger partial charge in [0.1, 0.15) is 6.10 Å². The lowest BCUT2D eigenvalue weighted by Crippen LogP contribution is -2.56. The van der Waals surface area contributed by atoms with Crippen LogP contribution in [-0.2, 0) is 16.1 Å². The molecule has 1 unspecified atom stereocenters. The highest BCUT2D eigenvalue weighted by molar-refractivity contribution is 5.81. The average Bonchev–Trinajstić information content (AvgIpc) is 2.36. The number of carbonyl (C=O) groups excluding carboxylic acids is 1. The first kappa shape index (κ1) is 13.1. The number of rotatable bonds is 3. The Labute approximate surface area is 107 Å². The van der Waals surface area contributed by atoms with E-state index >= 15 is 0 Å². The van der Waals surface area contributed by atoms with Crippen molar-refractivity contribution >= 4 is 5.91 Å². The van der Waals surface area contributed by atoms with Crippen LogP contribution in [0.2, 0.25) is 0 Å². The lowest BCUT2D eigenvalue weighted by atomic mass is 10.1. The number of benzene rings is 1. The number of hydrogen-bond acceptors (Lipinski definition) is 3. The molecule has 98 valence electrons. The van der Waals surface area contributed by atoms with Crippen molar-refractivity contribution in [3.63, 3.8) is 0 Å². The number of amides is 1. The SMILES string of the molecule is CC1OC[C@H]([C@@H](C)O)N(Cc2ccccc2)C1=O. The fourth-order valence-electron chi connectivity index (χ4n) is 2.18. The number of hydrogen-bond donors (Lipinski definition) is 1. The Bertz CT molecular complexity index is 405. The van der Waals surface area contributed by atoms with Gasteiger partial charge in [-0.25, -0.2) is 0 Å². The van der Waals surface area contributed by atoms with Gasteiger partial charge in [0.05, 0.1) is 18.8 Å². The lowest BCUT2D eigenvalue weighted by Gasteiger charge is -2.39. The molecule has 1 N–H and O–H groups in total. The second-order valence-corrected chi connectivity index (χ2v) is 4.74. The molecule has 1 aromatic rings. The standard InChI is InChI=1S/C14H19NO3/c1-10(16)13-9-18-11(2)14(17)15(13)8-12-6-4-3-5-7-12/h3-7,10-11,13,16H,8-9H2,1-2H3/t10-,11?,13-/m1/s1. The molecule has 0 bridgehead atoms. The fourth-order valence-corrected chi connectivity index (χ4v) is 2.18. The molecule has 1 amide bonds. The van der Waals surface area contributed by atoms with Gasteiger partial charge < -0.3 is 14.7 Å². The van der Waals surface area contributed by atoms with Crippen LogP contribution in [0, 0.1) is 0 Å². The smallest absolute Gasteiger partial charge is 0.252 e. The van der Waals surface area contributed by atoms with Gasteiger partial charge >= 0.3 is 0 Å².